The second-order valence-electron chi connectivity index (χ2n) is 5.04. The second kappa shape index (κ2) is 7.63. The molecule has 0 fully saturated rings. The molecule has 0 aromatic rings. The van der Waals surface area contributed by atoms with E-state index in [9.17, 15) is 4.79 Å². The summed E-state index contributed by atoms with van der Waals surface area (Å²) in [6.45, 7) is 8.24. The molecule has 17 heavy (non-hydrogen) atoms. The lowest BCUT2D eigenvalue weighted by Crippen LogP contribution is -2.56. The minimum absolute atomic E-state index is 0.233. The van der Waals surface area contributed by atoms with Gasteiger partial charge in [0.2, 0.25) is 5.91 Å². The summed E-state index contributed by atoms with van der Waals surface area (Å²) in [6.07, 6.45) is 0.695. The number of ether oxygens (including phenoxy) is 1. The minimum atomic E-state index is -0.643. The highest BCUT2D eigenvalue weighted by Crippen LogP contribution is 2.11. The van der Waals surface area contributed by atoms with Gasteiger partial charge < -0.3 is 20.7 Å². The lowest BCUT2D eigenvalue weighted by molar-refractivity contribution is -0.124. The number of rotatable bonds is 9. The van der Waals surface area contributed by atoms with Gasteiger partial charge in [0.15, 0.2) is 0 Å². The third-order valence-corrected chi connectivity index (χ3v) is 2.82. The van der Waals surface area contributed by atoms with Crippen LogP contribution in [0.4, 0.5) is 0 Å². The average Bonchev–Trinajstić information content (AvgIpc) is 2.22. The van der Waals surface area contributed by atoms with Crippen molar-refractivity contribution in [3.8, 4) is 0 Å². The first kappa shape index (κ1) is 16.4. The van der Waals surface area contributed by atoms with Gasteiger partial charge in [-0.25, -0.2) is 0 Å². The molecule has 0 bridgehead atoms. The van der Waals surface area contributed by atoms with Gasteiger partial charge in [0.1, 0.15) is 0 Å². The molecule has 1 amide bonds. The normalized spacial score (nSPS) is 15.2. The van der Waals surface area contributed by atoms with E-state index < -0.39 is 5.54 Å². The van der Waals surface area contributed by atoms with E-state index in [4.69, 9.17) is 10.5 Å². The molecule has 1 atom stereocenters. The standard InChI is InChI=1S/C12H27N3O2/c1-10(2)14-12(3,11(13)16)6-7-15(4)8-9-17-5/h10,14H,6-9H2,1-5H3,(H2,13,16). The number of nitrogens with two attached hydrogens (primary N) is 1. The Balaban J connectivity index is 4.22. The summed E-state index contributed by atoms with van der Waals surface area (Å²) >= 11 is 0. The lowest BCUT2D eigenvalue weighted by atomic mass is 9.95. The molecule has 0 aromatic heterocycles. The van der Waals surface area contributed by atoms with Crippen LogP contribution in [-0.2, 0) is 9.53 Å². The van der Waals surface area contributed by atoms with Crippen LogP contribution in [-0.4, -0.2) is 56.2 Å². The fourth-order valence-electron chi connectivity index (χ4n) is 1.68. The Morgan fingerprint density at radius 3 is 2.47 bits per heavy atom. The third kappa shape index (κ3) is 6.61. The molecule has 5 nitrogen and oxygen atoms in total. The minimum Gasteiger partial charge on any atom is -0.383 e. The van der Waals surface area contributed by atoms with Crippen LogP contribution in [0.2, 0.25) is 0 Å². The van der Waals surface area contributed by atoms with Gasteiger partial charge in [-0.1, -0.05) is 0 Å². The molecular weight excluding hydrogens is 218 g/mol. The van der Waals surface area contributed by atoms with Crippen molar-refractivity contribution >= 4 is 5.91 Å². The number of likely N-dealkylation sites (N-methyl/N-ethyl adjacent to an activating group) is 1. The number of nitrogens with one attached hydrogen (secondary N) is 1. The van der Waals surface area contributed by atoms with Crippen LogP contribution in [0, 0.1) is 0 Å². The molecule has 1 unspecified atom stereocenters. The van der Waals surface area contributed by atoms with Crippen LogP contribution in [0.5, 0.6) is 0 Å². The highest BCUT2D eigenvalue weighted by molar-refractivity contribution is 5.84. The average molecular weight is 245 g/mol. The van der Waals surface area contributed by atoms with Gasteiger partial charge in [-0.05, 0) is 34.2 Å². The Bertz CT molecular complexity index is 234. The zero-order chi connectivity index (χ0) is 13.5. The highest BCUT2D eigenvalue weighted by Gasteiger charge is 2.31. The number of hydrogen-bond acceptors (Lipinski definition) is 4. The maximum atomic E-state index is 11.5. The molecule has 0 aromatic carbocycles. The Labute approximate surface area is 105 Å². The number of methoxy groups -OCH3 is 1. The van der Waals surface area contributed by atoms with E-state index in [1.165, 1.54) is 0 Å². The Morgan fingerprint density at radius 1 is 1.47 bits per heavy atom. The maximum absolute atomic E-state index is 11.5. The van der Waals surface area contributed by atoms with Gasteiger partial charge in [0.05, 0.1) is 12.1 Å². The van der Waals surface area contributed by atoms with E-state index in [1.54, 1.807) is 7.11 Å². The van der Waals surface area contributed by atoms with Crippen LogP contribution in [0.25, 0.3) is 0 Å². The number of amides is 1. The van der Waals surface area contributed by atoms with E-state index in [1.807, 2.05) is 27.8 Å². The predicted molar refractivity (Wildman–Crippen MR) is 69.9 cm³/mol. The van der Waals surface area contributed by atoms with Crippen molar-refractivity contribution in [1.29, 1.82) is 0 Å². The van der Waals surface area contributed by atoms with Crippen LogP contribution in [0.1, 0.15) is 27.2 Å². The lowest BCUT2D eigenvalue weighted by Gasteiger charge is -2.31. The second-order valence-corrected chi connectivity index (χ2v) is 5.04. The van der Waals surface area contributed by atoms with E-state index in [-0.39, 0.29) is 11.9 Å². The summed E-state index contributed by atoms with van der Waals surface area (Å²) in [5.74, 6) is -0.300. The third-order valence-electron chi connectivity index (χ3n) is 2.82. The quantitative estimate of drug-likeness (QED) is 0.609. The summed E-state index contributed by atoms with van der Waals surface area (Å²) in [7, 11) is 3.69. The van der Waals surface area contributed by atoms with Crippen LogP contribution >= 0.6 is 0 Å². The highest BCUT2D eigenvalue weighted by atomic mass is 16.5. The fourth-order valence-corrected chi connectivity index (χ4v) is 1.68. The fraction of sp³-hybridized carbons (Fsp3) is 0.917. The first-order chi connectivity index (χ1) is 7.81. The Morgan fingerprint density at radius 2 is 2.06 bits per heavy atom. The number of nitrogens with zero attached hydrogens (tertiary/aromatic N) is 1. The molecule has 5 heteroatoms. The molecule has 0 saturated heterocycles. The summed E-state index contributed by atoms with van der Waals surface area (Å²) in [4.78, 5) is 13.6. The van der Waals surface area contributed by atoms with Crippen molar-refractivity contribution in [2.24, 2.45) is 5.73 Å². The van der Waals surface area contributed by atoms with E-state index in [0.717, 1.165) is 13.1 Å². The van der Waals surface area contributed by atoms with Gasteiger partial charge in [-0.15, -0.1) is 0 Å². The van der Waals surface area contributed by atoms with Crippen molar-refractivity contribution in [1.82, 2.24) is 10.2 Å². The van der Waals surface area contributed by atoms with Crippen molar-refractivity contribution < 1.29 is 9.53 Å². The van der Waals surface area contributed by atoms with Gasteiger partial charge in [-0.2, -0.15) is 0 Å². The zero-order valence-electron chi connectivity index (χ0n) is 11.7. The van der Waals surface area contributed by atoms with Crippen molar-refractivity contribution in [3.05, 3.63) is 0 Å². The van der Waals surface area contributed by atoms with Gasteiger partial charge in [0.25, 0.3) is 0 Å². The summed E-state index contributed by atoms with van der Waals surface area (Å²) < 4.78 is 5.01. The largest absolute Gasteiger partial charge is 0.383 e. The summed E-state index contributed by atoms with van der Waals surface area (Å²) in [6, 6.07) is 0.233. The molecule has 0 radical (unpaired) electrons. The molecular formula is C12H27N3O2. The van der Waals surface area contributed by atoms with Gasteiger partial charge in [0, 0.05) is 26.2 Å². The molecule has 0 saturated carbocycles. The molecule has 0 aliphatic heterocycles. The molecule has 3 N–H and O–H groups in total. The summed E-state index contributed by atoms with van der Waals surface area (Å²) in [5, 5.41) is 3.23. The molecule has 102 valence electrons. The molecule has 0 aliphatic carbocycles. The number of carbonyl (C=O) groups excluding carboxylic acids is 1. The Kier molecular flexibility index (Phi) is 7.34. The number of carbonyl (C=O) groups is 1. The number of hydrogen-bond donors (Lipinski definition) is 2. The van der Waals surface area contributed by atoms with Crippen LogP contribution in [0.15, 0.2) is 0 Å². The van der Waals surface area contributed by atoms with Crippen molar-refractivity contribution in [2.45, 2.75) is 38.8 Å². The number of primary amides is 1. The topological polar surface area (TPSA) is 67.6 Å². The van der Waals surface area contributed by atoms with E-state index in [2.05, 4.69) is 10.2 Å². The van der Waals surface area contributed by atoms with E-state index >= 15 is 0 Å². The summed E-state index contributed by atoms with van der Waals surface area (Å²) in [5.41, 5.74) is 4.82. The predicted octanol–water partition coefficient (Wildman–Crippen LogP) is 0.197. The zero-order valence-corrected chi connectivity index (χ0v) is 11.7. The molecule has 0 rings (SSSR count). The molecule has 0 heterocycles. The first-order valence-electron chi connectivity index (χ1n) is 6.07. The van der Waals surface area contributed by atoms with Gasteiger partial charge in [-0.3, -0.25) is 4.79 Å². The smallest absolute Gasteiger partial charge is 0.237 e. The van der Waals surface area contributed by atoms with Crippen LogP contribution in [0.3, 0.4) is 0 Å². The SMILES string of the molecule is COCCN(C)CCC(C)(NC(C)C)C(N)=O. The maximum Gasteiger partial charge on any atom is 0.237 e. The van der Waals surface area contributed by atoms with E-state index in [0.29, 0.717) is 13.0 Å². The van der Waals surface area contributed by atoms with Crippen molar-refractivity contribution in [2.75, 3.05) is 33.9 Å². The van der Waals surface area contributed by atoms with Crippen LogP contribution < -0.4 is 11.1 Å². The first-order valence-corrected chi connectivity index (χ1v) is 6.07. The van der Waals surface area contributed by atoms with Gasteiger partial charge >= 0.3 is 0 Å². The Hall–Kier alpha value is -0.650. The molecule has 0 aliphatic rings. The monoisotopic (exact) mass is 245 g/mol. The molecule has 0 spiro atoms. The van der Waals surface area contributed by atoms with Crippen molar-refractivity contribution in [3.63, 3.8) is 0 Å².